The van der Waals surface area contributed by atoms with Gasteiger partial charge in [-0.2, -0.15) is 0 Å². The van der Waals surface area contributed by atoms with Crippen molar-refractivity contribution in [3.63, 3.8) is 0 Å². The standard InChI is InChI=1S/C7H7F.C5H11N/c1-6-4-2-3-5-7(6)8;1-6-4-2-3-5-6/h2-5H,1H3;2-5H2,1H3. The first-order valence-electron chi connectivity index (χ1n) is 5.10. The Morgan fingerprint density at radius 2 is 1.71 bits per heavy atom. The molecule has 2 rings (SSSR count). The van der Waals surface area contributed by atoms with Crippen LogP contribution in [0.3, 0.4) is 0 Å². The molecule has 0 radical (unpaired) electrons. The summed E-state index contributed by atoms with van der Waals surface area (Å²) in [5.74, 6) is -0.132. The Hall–Kier alpha value is -0.890. The Balaban J connectivity index is 0.000000146. The highest BCUT2D eigenvalue weighted by Gasteiger charge is 2.03. The van der Waals surface area contributed by atoms with Crippen LogP contribution in [-0.2, 0) is 0 Å². The van der Waals surface area contributed by atoms with Crippen molar-refractivity contribution in [1.29, 1.82) is 0 Å². The first-order chi connectivity index (χ1) is 6.70. The van der Waals surface area contributed by atoms with Gasteiger partial charge < -0.3 is 4.90 Å². The van der Waals surface area contributed by atoms with E-state index >= 15 is 0 Å². The SMILES string of the molecule is CN1CCCC1.Cc1ccccc1F. The largest absolute Gasteiger partial charge is 0.306 e. The van der Waals surface area contributed by atoms with Crippen LogP contribution in [-0.4, -0.2) is 25.0 Å². The van der Waals surface area contributed by atoms with Crippen LogP contribution >= 0.6 is 0 Å². The lowest BCUT2D eigenvalue weighted by molar-refractivity contribution is 0.418. The molecule has 0 saturated carbocycles. The Morgan fingerprint density at radius 1 is 1.14 bits per heavy atom. The zero-order valence-electron chi connectivity index (χ0n) is 8.96. The lowest BCUT2D eigenvalue weighted by Crippen LogP contribution is -2.10. The summed E-state index contributed by atoms with van der Waals surface area (Å²) in [5.41, 5.74) is 0.701. The van der Waals surface area contributed by atoms with Crippen molar-refractivity contribution in [1.82, 2.24) is 4.90 Å². The van der Waals surface area contributed by atoms with Crippen LogP contribution in [0.2, 0.25) is 0 Å². The predicted molar refractivity (Wildman–Crippen MR) is 57.9 cm³/mol. The monoisotopic (exact) mass is 195 g/mol. The first-order valence-corrected chi connectivity index (χ1v) is 5.10. The van der Waals surface area contributed by atoms with E-state index in [1.165, 1.54) is 32.0 Å². The molecule has 1 aliphatic heterocycles. The van der Waals surface area contributed by atoms with Gasteiger partial charge in [-0.05, 0) is 51.5 Å². The molecule has 0 aliphatic carbocycles. The normalized spacial score (nSPS) is 16.2. The van der Waals surface area contributed by atoms with E-state index in [0.717, 1.165) is 0 Å². The van der Waals surface area contributed by atoms with Gasteiger partial charge in [0, 0.05) is 0 Å². The molecule has 1 nitrogen and oxygen atoms in total. The maximum absolute atomic E-state index is 12.3. The van der Waals surface area contributed by atoms with E-state index < -0.39 is 0 Å². The van der Waals surface area contributed by atoms with Crippen molar-refractivity contribution >= 4 is 0 Å². The summed E-state index contributed by atoms with van der Waals surface area (Å²) in [6, 6.07) is 6.70. The maximum atomic E-state index is 12.3. The molecule has 1 fully saturated rings. The number of aryl methyl sites for hydroxylation is 1. The molecule has 1 aliphatic rings. The number of rotatable bonds is 0. The van der Waals surface area contributed by atoms with Crippen molar-refractivity contribution in [2.75, 3.05) is 20.1 Å². The maximum Gasteiger partial charge on any atom is 0.126 e. The topological polar surface area (TPSA) is 3.24 Å². The van der Waals surface area contributed by atoms with Gasteiger partial charge >= 0.3 is 0 Å². The van der Waals surface area contributed by atoms with E-state index in [0.29, 0.717) is 5.56 Å². The first kappa shape index (κ1) is 11.2. The van der Waals surface area contributed by atoms with Crippen LogP contribution in [0.1, 0.15) is 18.4 Å². The van der Waals surface area contributed by atoms with Crippen molar-refractivity contribution in [3.8, 4) is 0 Å². The summed E-state index contributed by atoms with van der Waals surface area (Å²) in [5, 5.41) is 0. The molecule has 0 spiro atoms. The van der Waals surface area contributed by atoms with Gasteiger partial charge in [-0.15, -0.1) is 0 Å². The van der Waals surface area contributed by atoms with Gasteiger partial charge in [0.2, 0.25) is 0 Å². The van der Waals surface area contributed by atoms with Crippen molar-refractivity contribution < 1.29 is 4.39 Å². The summed E-state index contributed by atoms with van der Waals surface area (Å²) in [6.45, 7) is 4.38. The molecular weight excluding hydrogens is 177 g/mol. The van der Waals surface area contributed by atoms with E-state index in [2.05, 4.69) is 11.9 Å². The fourth-order valence-corrected chi connectivity index (χ4v) is 1.43. The number of likely N-dealkylation sites (tertiary alicyclic amines) is 1. The van der Waals surface area contributed by atoms with Gasteiger partial charge in [0.1, 0.15) is 5.82 Å². The summed E-state index contributed by atoms with van der Waals surface area (Å²) in [7, 11) is 2.17. The fraction of sp³-hybridized carbons (Fsp3) is 0.500. The molecule has 1 saturated heterocycles. The Kier molecular flexibility index (Phi) is 4.60. The quantitative estimate of drug-likeness (QED) is 0.615. The van der Waals surface area contributed by atoms with Crippen LogP contribution in [0.25, 0.3) is 0 Å². The second-order valence-corrected chi connectivity index (χ2v) is 3.76. The van der Waals surface area contributed by atoms with Gasteiger partial charge in [0.15, 0.2) is 0 Å². The third-order valence-corrected chi connectivity index (χ3v) is 2.41. The van der Waals surface area contributed by atoms with Crippen molar-refractivity contribution in [2.45, 2.75) is 19.8 Å². The highest BCUT2D eigenvalue weighted by atomic mass is 19.1. The molecule has 1 heterocycles. The van der Waals surface area contributed by atoms with Crippen LogP contribution in [0.5, 0.6) is 0 Å². The molecule has 0 bridgehead atoms. The molecule has 0 amide bonds. The molecule has 0 N–H and O–H groups in total. The van der Waals surface area contributed by atoms with E-state index in [9.17, 15) is 4.39 Å². The van der Waals surface area contributed by atoms with Gasteiger partial charge in [-0.25, -0.2) is 4.39 Å². The highest BCUT2D eigenvalue weighted by molar-refractivity contribution is 5.14. The third kappa shape index (κ3) is 3.88. The van der Waals surface area contributed by atoms with Gasteiger partial charge in [0.25, 0.3) is 0 Å². The smallest absolute Gasteiger partial charge is 0.126 e. The molecule has 0 atom stereocenters. The summed E-state index contributed by atoms with van der Waals surface area (Å²) >= 11 is 0. The third-order valence-electron chi connectivity index (χ3n) is 2.41. The van der Waals surface area contributed by atoms with Crippen molar-refractivity contribution in [2.24, 2.45) is 0 Å². The van der Waals surface area contributed by atoms with E-state index in [-0.39, 0.29) is 5.82 Å². The summed E-state index contributed by atoms with van der Waals surface area (Å²) in [4.78, 5) is 2.36. The molecule has 0 aromatic heterocycles. The van der Waals surface area contributed by atoms with Crippen LogP contribution in [0.4, 0.5) is 4.39 Å². The fourth-order valence-electron chi connectivity index (χ4n) is 1.43. The molecule has 0 unspecified atom stereocenters. The number of benzene rings is 1. The van der Waals surface area contributed by atoms with Crippen LogP contribution < -0.4 is 0 Å². The van der Waals surface area contributed by atoms with Gasteiger partial charge in [-0.3, -0.25) is 0 Å². The zero-order chi connectivity index (χ0) is 10.4. The lowest BCUT2D eigenvalue weighted by atomic mass is 10.2. The van der Waals surface area contributed by atoms with E-state index in [1.807, 2.05) is 6.07 Å². The molecule has 2 heteroatoms. The Morgan fingerprint density at radius 3 is 2.00 bits per heavy atom. The second-order valence-electron chi connectivity index (χ2n) is 3.76. The molecule has 14 heavy (non-hydrogen) atoms. The average Bonchev–Trinajstić information content (AvgIpc) is 2.63. The van der Waals surface area contributed by atoms with Crippen LogP contribution in [0, 0.1) is 12.7 Å². The minimum atomic E-state index is -0.132. The Bertz CT molecular complexity index is 246. The molecule has 78 valence electrons. The second kappa shape index (κ2) is 5.76. The molecule has 1 aromatic rings. The van der Waals surface area contributed by atoms with Crippen LogP contribution in [0.15, 0.2) is 24.3 Å². The zero-order valence-corrected chi connectivity index (χ0v) is 8.96. The molecular formula is C12H18FN. The number of nitrogens with zero attached hydrogens (tertiary/aromatic N) is 1. The van der Waals surface area contributed by atoms with E-state index in [4.69, 9.17) is 0 Å². The Labute approximate surface area is 85.5 Å². The number of hydrogen-bond acceptors (Lipinski definition) is 1. The minimum absolute atomic E-state index is 0.132. The lowest BCUT2D eigenvalue weighted by Gasteiger charge is -2.01. The van der Waals surface area contributed by atoms with Gasteiger partial charge in [-0.1, -0.05) is 18.2 Å². The van der Waals surface area contributed by atoms with Gasteiger partial charge in [0.05, 0.1) is 0 Å². The predicted octanol–water partition coefficient (Wildman–Crippen LogP) is 2.85. The average molecular weight is 195 g/mol. The summed E-state index contributed by atoms with van der Waals surface area (Å²) < 4.78 is 12.3. The number of halogens is 1. The highest BCUT2D eigenvalue weighted by Crippen LogP contribution is 2.02. The van der Waals surface area contributed by atoms with Crippen molar-refractivity contribution in [3.05, 3.63) is 35.6 Å². The number of hydrogen-bond donors (Lipinski definition) is 0. The molecule has 1 aromatic carbocycles. The van der Waals surface area contributed by atoms with E-state index in [1.54, 1.807) is 19.1 Å². The summed E-state index contributed by atoms with van der Waals surface area (Å²) in [6.07, 6.45) is 2.83. The minimum Gasteiger partial charge on any atom is -0.306 e.